The normalized spacial score (nSPS) is 14.3. The number of ether oxygens (including phenoxy) is 5. The molecule has 0 spiro atoms. The van der Waals surface area contributed by atoms with Gasteiger partial charge < -0.3 is 28.6 Å². The van der Waals surface area contributed by atoms with E-state index in [2.05, 4.69) is 0 Å². The Hall–Kier alpha value is -4.47. The Morgan fingerprint density at radius 1 is 0.897 bits per heavy atom. The number of carbonyl (C=O) groups excluding carboxylic acids is 1. The Kier molecular flexibility index (Phi) is 8.75. The number of carbonyl (C=O) groups is 1. The van der Waals surface area contributed by atoms with Crippen LogP contribution in [0.1, 0.15) is 41.4 Å². The molecule has 3 aromatic carbocycles. The summed E-state index contributed by atoms with van der Waals surface area (Å²) in [4.78, 5) is 26.2. The van der Waals surface area contributed by atoms with Gasteiger partial charge in [0.1, 0.15) is 12.4 Å². The molecule has 4 rings (SSSR count). The highest BCUT2D eigenvalue weighted by Crippen LogP contribution is 2.39. The van der Waals surface area contributed by atoms with Crippen LogP contribution in [-0.4, -0.2) is 56.3 Å². The third kappa shape index (κ3) is 6.00. The van der Waals surface area contributed by atoms with Crippen molar-refractivity contribution in [1.29, 1.82) is 0 Å². The number of fused-ring (bicyclic) bond motifs is 1. The van der Waals surface area contributed by atoms with E-state index in [1.54, 1.807) is 49.5 Å². The van der Waals surface area contributed by atoms with Crippen molar-refractivity contribution in [1.82, 2.24) is 4.90 Å². The standard InChI is InChI=1S/C29H32N2O8/c1-5-37-25-12-7-20(16-28(25)38-6-2)29(32)30-14-13-19-15-26(35-3)27(36-4)17-23(19)24(30)18-39-22-10-8-21(9-11-22)31(33)34/h7-12,15-17,24H,5-6,13-14,18H2,1-4H3. The second-order valence-electron chi connectivity index (χ2n) is 8.76. The van der Waals surface area contributed by atoms with Crippen molar-refractivity contribution < 1.29 is 33.4 Å². The number of nitro benzene ring substituents is 1. The van der Waals surface area contributed by atoms with E-state index in [4.69, 9.17) is 23.7 Å². The largest absolute Gasteiger partial charge is 0.493 e. The summed E-state index contributed by atoms with van der Waals surface area (Å²) in [6, 6.07) is 14.4. The molecule has 1 unspecified atom stereocenters. The first-order chi connectivity index (χ1) is 18.9. The first-order valence-corrected chi connectivity index (χ1v) is 12.7. The molecule has 39 heavy (non-hydrogen) atoms. The zero-order chi connectivity index (χ0) is 27.9. The van der Waals surface area contributed by atoms with Crippen LogP contribution in [0.4, 0.5) is 5.69 Å². The number of rotatable bonds is 11. The third-order valence-corrected chi connectivity index (χ3v) is 6.51. The fourth-order valence-electron chi connectivity index (χ4n) is 4.64. The highest BCUT2D eigenvalue weighted by Gasteiger charge is 2.34. The number of amides is 1. The number of nitro groups is 1. The molecule has 0 fully saturated rings. The highest BCUT2D eigenvalue weighted by atomic mass is 16.6. The summed E-state index contributed by atoms with van der Waals surface area (Å²) in [5.41, 5.74) is 2.34. The molecule has 0 bridgehead atoms. The van der Waals surface area contributed by atoms with Crippen LogP contribution in [0.3, 0.4) is 0 Å². The summed E-state index contributed by atoms with van der Waals surface area (Å²) in [5, 5.41) is 11.0. The molecule has 0 saturated heterocycles. The number of non-ortho nitro benzene ring substituents is 1. The molecule has 0 saturated carbocycles. The first kappa shape index (κ1) is 27.6. The first-order valence-electron chi connectivity index (χ1n) is 12.7. The molecule has 1 amide bonds. The molecule has 10 nitrogen and oxygen atoms in total. The van der Waals surface area contributed by atoms with Crippen LogP contribution in [0.5, 0.6) is 28.7 Å². The maximum absolute atomic E-state index is 13.9. The predicted octanol–water partition coefficient (Wildman–Crippen LogP) is 5.23. The molecule has 0 aromatic heterocycles. The Balaban J connectivity index is 1.69. The van der Waals surface area contributed by atoms with Crippen molar-refractivity contribution in [3.8, 4) is 28.7 Å². The van der Waals surface area contributed by atoms with Crippen molar-refractivity contribution >= 4 is 11.6 Å². The van der Waals surface area contributed by atoms with E-state index in [9.17, 15) is 14.9 Å². The van der Waals surface area contributed by atoms with Gasteiger partial charge in [0.25, 0.3) is 11.6 Å². The predicted molar refractivity (Wildman–Crippen MR) is 144 cm³/mol. The van der Waals surface area contributed by atoms with E-state index in [0.29, 0.717) is 60.5 Å². The van der Waals surface area contributed by atoms with Gasteiger partial charge in [-0.05, 0) is 73.9 Å². The molecule has 1 aliphatic heterocycles. The molecule has 1 heterocycles. The van der Waals surface area contributed by atoms with Gasteiger partial charge in [0.05, 0.1) is 38.4 Å². The minimum absolute atomic E-state index is 0.0281. The Labute approximate surface area is 227 Å². The minimum Gasteiger partial charge on any atom is -0.493 e. The smallest absolute Gasteiger partial charge is 0.269 e. The molecule has 0 N–H and O–H groups in total. The zero-order valence-electron chi connectivity index (χ0n) is 22.5. The molecular formula is C29H32N2O8. The number of hydrogen-bond donors (Lipinski definition) is 0. The van der Waals surface area contributed by atoms with Crippen molar-refractivity contribution in [2.75, 3.05) is 40.6 Å². The van der Waals surface area contributed by atoms with Gasteiger partial charge in [0.15, 0.2) is 23.0 Å². The van der Waals surface area contributed by atoms with Crippen LogP contribution >= 0.6 is 0 Å². The lowest BCUT2D eigenvalue weighted by Gasteiger charge is -2.37. The average molecular weight is 537 g/mol. The molecule has 206 valence electrons. The van der Waals surface area contributed by atoms with Crippen molar-refractivity contribution in [2.45, 2.75) is 26.3 Å². The molecule has 0 radical (unpaired) electrons. The second-order valence-corrected chi connectivity index (χ2v) is 8.76. The van der Waals surface area contributed by atoms with E-state index in [1.165, 1.54) is 12.1 Å². The van der Waals surface area contributed by atoms with Gasteiger partial charge in [-0.2, -0.15) is 0 Å². The van der Waals surface area contributed by atoms with E-state index in [1.807, 2.05) is 26.0 Å². The summed E-state index contributed by atoms with van der Waals surface area (Å²) in [6.45, 7) is 5.25. The number of benzene rings is 3. The Bertz CT molecular complexity index is 1330. The molecule has 1 atom stereocenters. The van der Waals surface area contributed by atoms with E-state index < -0.39 is 11.0 Å². The molecule has 0 aliphatic carbocycles. The minimum atomic E-state index is -0.464. The van der Waals surface area contributed by atoms with Crippen LogP contribution in [0.25, 0.3) is 0 Å². The lowest BCUT2D eigenvalue weighted by atomic mass is 9.91. The van der Waals surface area contributed by atoms with Gasteiger partial charge in [-0.25, -0.2) is 0 Å². The summed E-state index contributed by atoms with van der Waals surface area (Å²) in [6.07, 6.45) is 0.616. The van der Waals surface area contributed by atoms with Gasteiger partial charge in [0, 0.05) is 24.2 Å². The van der Waals surface area contributed by atoms with Gasteiger partial charge in [-0.15, -0.1) is 0 Å². The van der Waals surface area contributed by atoms with Crippen LogP contribution in [0.15, 0.2) is 54.6 Å². The molecular weight excluding hydrogens is 504 g/mol. The summed E-state index contributed by atoms with van der Waals surface area (Å²) in [5.74, 6) is 2.52. The molecule has 10 heteroatoms. The lowest BCUT2D eigenvalue weighted by Crippen LogP contribution is -2.42. The fraction of sp³-hybridized carbons (Fsp3) is 0.345. The summed E-state index contributed by atoms with van der Waals surface area (Å²) in [7, 11) is 3.15. The topological polar surface area (TPSA) is 110 Å². The number of methoxy groups -OCH3 is 2. The van der Waals surface area contributed by atoms with Crippen molar-refractivity contribution in [2.24, 2.45) is 0 Å². The number of hydrogen-bond acceptors (Lipinski definition) is 8. The Morgan fingerprint density at radius 3 is 2.21 bits per heavy atom. The van der Waals surface area contributed by atoms with Gasteiger partial charge in [-0.3, -0.25) is 14.9 Å². The van der Waals surface area contributed by atoms with Gasteiger partial charge in [0.2, 0.25) is 0 Å². The van der Waals surface area contributed by atoms with E-state index in [0.717, 1.165) is 11.1 Å². The quantitative estimate of drug-likeness (QED) is 0.242. The maximum atomic E-state index is 13.9. The van der Waals surface area contributed by atoms with Crippen molar-refractivity contribution in [3.63, 3.8) is 0 Å². The monoisotopic (exact) mass is 536 g/mol. The van der Waals surface area contributed by atoms with E-state index >= 15 is 0 Å². The van der Waals surface area contributed by atoms with Crippen LogP contribution in [0, 0.1) is 10.1 Å². The molecule has 3 aromatic rings. The third-order valence-electron chi connectivity index (χ3n) is 6.51. The second kappa shape index (κ2) is 12.4. The van der Waals surface area contributed by atoms with Crippen LogP contribution in [-0.2, 0) is 6.42 Å². The molecule has 1 aliphatic rings. The zero-order valence-corrected chi connectivity index (χ0v) is 22.5. The maximum Gasteiger partial charge on any atom is 0.269 e. The van der Waals surface area contributed by atoms with Crippen LogP contribution in [0.2, 0.25) is 0 Å². The fourth-order valence-corrected chi connectivity index (χ4v) is 4.64. The average Bonchev–Trinajstić information content (AvgIpc) is 2.96. The van der Waals surface area contributed by atoms with Crippen molar-refractivity contribution in [3.05, 3.63) is 81.4 Å². The highest BCUT2D eigenvalue weighted by molar-refractivity contribution is 5.95. The lowest BCUT2D eigenvalue weighted by molar-refractivity contribution is -0.384. The number of nitrogens with zero attached hydrogens (tertiary/aromatic N) is 2. The van der Waals surface area contributed by atoms with E-state index in [-0.39, 0.29) is 18.2 Å². The summed E-state index contributed by atoms with van der Waals surface area (Å²) >= 11 is 0. The summed E-state index contributed by atoms with van der Waals surface area (Å²) < 4.78 is 28.5. The van der Waals surface area contributed by atoms with Gasteiger partial charge in [-0.1, -0.05) is 0 Å². The van der Waals surface area contributed by atoms with Gasteiger partial charge >= 0.3 is 0 Å². The van der Waals surface area contributed by atoms with Crippen LogP contribution < -0.4 is 23.7 Å². The Morgan fingerprint density at radius 2 is 1.56 bits per heavy atom. The SMILES string of the molecule is CCOc1ccc(C(=O)N2CCc3cc(OC)c(OC)cc3C2COc2ccc([N+](=O)[O-])cc2)cc1OCC.